The van der Waals surface area contributed by atoms with Gasteiger partial charge in [-0.25, -0.2) is 13.6 Å². The van der Waals surface area contributed by atoms with Gasteiger partial charge in [-0.2, -0.15) is 0 Å². The van der Waals surface area contributed by atoms with Gasteiger partial charge in [-0.15, -0.1) is 0 Å². The third-order valence-electron chi connectivity index (χ3n) is 2.46. The van der Waals surface area contributed by atoms with E-state index in [-0.39, 0.29) is 17.1 Å². The summed E-state index contributed by atoms with van der Waals surface area (Å²) < 4.78 is 32.5. The van der Waals surface area contributed by atoms with Crippen molar-refractivity contribution in [2.45, 2.75) is 0 Å². The van der Waals surface area contributed by atoms with Crippen molar-refractivity contribution in [2.24, 2.45) is 0 Å². The summed E-state index contributed by atoms with van der Waals surface area (Å²) in [6, 6.07) is 9.66. The molecule has 0 aliphatic heterocycles. The number of carboxylic acids is 1. The van der Waals surface area contributed by atoms with Crippen LogP contribution in [0, 0.1) is 11.6 Å². The summed E-state index contributed by atoms with van der Waals surface area (Å²) in [5.41, 5.74) is -0.0573. The van der Waals surface area contributed by atoms with Crippen LogP contribution in [0.2, 0.25) is 0 Å². The molecule has 0 heterocycles. The molecule has 0 bridgehead atoms. The van der Waals surface area contributed by atoms with Gasteiger partial charge in [-0.1, -0.05) is 18.2 Å². The van der Waals surface area contributed by atoms with Crippen molar-refractivity contribution >= 4 is 12.0 Å². The Kier molecular flexibility index (Phi) is 4.10. The summed E-state index contributed by atoms with van der Waals surface area (Å²) in [5, 5.41) is 8.58. The van der Waals surface area contributed by atoms with Crippen LogP contribution < -0.4 is 4.74 Å². The molecule has 0 aromatic heterocycles. The van der Waals surface area contributed by atoms with E-state index in [9.17, 15) is 13.6 Å². The van der Waals surface area contributed by atoms with Crippen molar-refractivity contribution in [3.63, 3.8) is 0 Å². The fraction of sp³-hybridized carbons (Fsp3) is 0. The predicted octanol–water partition coefficient (Wildman–Crippen LogP) is 3.85. The van der Waals surface area contributed by atoms with Crippen LogP contribution in [0.3, 0.4) is 0 Å². The molecule has 0 amide bonds. The van der Waals surface area contributed by atoms with Gasteiger partial charge in [0.1, 0.15) is 11.6 Å². The van der Waals surface area contributed by atoms with Gasteiger partial charge in [0, 0.05) is 6.08 Å². The largest absolute Gasteiger partial charge is 0.478 e. The standard InChI is InChI=1S/C15H10F2O3/c16-11-5-3-7-13(10(11)8-9-15(18)19)20-14-6-2-1-4-12(14)17/h1-9H,(H,18,19)/b9-8+. The molecule has 102 valence electrons. The maximum atomic E-state index is 13.7. The Labute approximate surface area is 113 Å². The second-order valence-corrected chi connectivity index (χ2v) is 3.86. The third kappa shape index (κ3) is 3.20. The van der Waals surface area contributed by atoms with Crippen LogP contribution >= 0.6 is 0 Å². The molecule has 0 fully saturated rings. The van der Waals surface area contributed by atoms with Crippen molar-refractivity contribution < 1.29 is 23.4 Å². The molecule has 0 radical (unpaired) electrons. The Hall–Kier alpha value is -2.69. The van der Waals surface area contributed by atoms with Crippen molar-refractivity contribution in [1.82, 2.24) is 0 Å². The Bertz CT molecular complexity index is 666. The first-order chi connectivity index (χ1) is 9.58. The van der Waals surface area contributed by atoms with Gasteiger partial charge in [-0.3, -0.25) is 0 Å². The predicted molar refractivity (Wildman–Crippen MR) is 69.5 cm³/mol. The van der Waals surface area contributed by atoms with E-state index in [0.29, 0.717) is 0 Å². The van der Waals surface area contributed by atoms with E-state index < -0.39 is 17.6 Å². The lowest BCUT2D eigenvalue weighted by molar-refractivity contribution is -0.131. The van der Waals surface area contributed by atoms with Gasteiger partial charge >= 0.3 is 5.97 Å². The molecular weight excluding hydrogens is 266 g/mol. The summed E-state index contributed by atoms with van der Waals surface area (Å²) in [6.07, 6.45) is 1.85. The molecule has 0 aliphatic carbocycles. The molecule has 0 atom stereocenters. The van der Waals surface area contributed by atoms with E-state index in [1.54, 1.807) is 6.07 Å². The van der Waals surface area contributed by atoms with Gasteiger partial charge in [0.15, 0.2) is 11.6 Å². The maximum absolute atomic E-state index is 13.7. The number of ether oxygens (including phenoxy) is 1. The lowest BCUT2D eigenvalue weighted by atomic mass is 10.1. The highest BCUT2D eigenvalue weighted by Crippen LogP contribution is 2.29. The van der Waals surface area contributed by atoms with Crippen molar-refractivity contribution in [2.75, 3.05) is 0 Å². The number of benzene rings is 2. The summed E-state index contributed by atoms with van der Waals surface area (Å²) in [6.45, 7) is 0. The molecule has 0 spiro atoms. The maximum Gasteiger partial charge on any atom is 0.328 e. The molecule has 1 N–H and O–H groups in total. The molecule has 0 aliphatic rings. The Morgan fingerprint density at radius 3 is 2.35 bits per heavy atom. The molecule has 2 rings (SSSR count). The van der Waals surface area contributed by atoms with Crippen molar-refractivity contribution in [3.8, 4) is 11.5 Å². The smallest absolute Gasteiger partial charge is 0.328 e. The highest BCUT2D eigenvalue weighted by Gasteiger charge is 2.10. The minimum absolute atomic E-state index is 0.0348. The van der Waals surface area contributed by atoms with Gasteiger partial charge in [-0.05, 0) is 30.3 Å². The first kappa shape index (κ1) is 13.7. The van der Waals surface area contributed by atoms with Gasteiger partial charge in [0.05, 0.1) is 5.56 Å². The van der Waals surface area contributed by atoms with Crippen LogP contribution in [0.1, 0.15) is 5.56 Å². The zero-order chi connectivity index (χ0) is 14.5. The van der Waals surface area contributed by atoms with Crippen LogP contribution in [-0.2, 0) is 4.79 Å². The third-order valence-corrected chi connectivity index (χ3v) is 2.46. The van der Waals surface area contributed by atoms with E-state index in [1.807, 2.05) is 0 Å². The second kappa shape index (κ2) is 5.97. The Morgan fingerprint density at radius 1 is 1.00 bits per heavy atom. The van der Waals surface area contributed by atoms with Gasteiger partial charge in [0.25, 0.3) is 0 Å². The number of hydrogen-bond acceptors (Lipinski definition) is 2. The minimum Gasteiger partial charge on any atom is -0.478 e. The van der Waals surface area contributed by atoms with Gasteiger partial charge < -0.3 is 9.84 Å². The summed E-state index contributed by atoms with van der Waals surface area (Å²) >= 11 is 0. The Morgan fingerprint density at radius 2 is 1.65 bits per heavy atom. The fourth-order valence-electron chi connectivity index (χ4n) is 1.57. The highest BCUT2D eigenvalue weighted by molar-refractivity contribution is 5.86. The van der Waals surface area contributed by atoms with E-state index in [0.717, 1.165) is 18.2 Å². The SMILES string of the molecule is O=C(O)/C=C/c1c(F)cccc1Oc1ccccc1F. The lowest BCUT2D eigenvalue weighted by Gasteiger charge is -2.10. The number of aliphatic carboxylic acids is 1. The van der Waals surface area contributed by atoms with Crippen molar-refractivity contribution in [1.29, 1.82) is 0 Å². The van der Waals surface area contributed by atoms with Crippen molar-refractivity contribution in [3.05, 3.63) is 65.7 Å². The molecule has 2 aromatic carbocycles. The topological polar surface area (TPSA) is 46.5 Å². The van der Waals surface area contributed by atoms with E-state index in [1.165, 1.54) is 30.3 Å². The van der Waals surface area contributed by atoms with E-state index in [2.05, 4.69) is 0 Å². The molecule has 3 nitrogen and oxygen atoms in total. The normalized spacial score (nSPS) is 10.7. The summed E-state index contributed by atoms with van der Waals surface area (Å²) in [4.78, 5) is 10.5. The Balaban J connectivity index is 2.39. The quantitative estimate of drug-likeness (QED) is 0.863. The minimum atomic E-state index is -1.22. The van der Waals surface area contributed by atoms with Gasteiger partial charge in [0.2, 0.25) is 0 Å². The first-order valence-electron chi connectivity index (χ1n) is 5.70. The first-order valence-corrected chi connectivity index (χ1v) is 5.70. The number of carboxylic acid groups (broad SMARTS) is 1. The van der Waals surface area contributed by atoms with Crippen LogP contribution in [0.25, 0.3) is 6.08 Å². The van der Waals surface area contributed by atoms with E-state index >= 15 is 0 Å². The molecule has 20 heavy (non-hydrogen) atoms. The average Bonchev–Trinajstić information content (AvgIpc) is 2.40. The number of carbonyl (C=O) groups is 1. The molecule has 2 aromatic rings. The summed E-state index contributed by atoms with van der Waals surface area (Å²) in [5.74, 6) is -2.50. The molecule has 0 saturated carbocycles. The van der Waals surface area contributed by atoms with E-state index in [4.69, 9.17) is 9.84 Å². The number of hydrogen-bond donors (Lipinski definition) is 1. The zero-order valence-electron chi connectivity index (χ0n) is 10.2. The highest BCUT2D eigenvalue weighted by atomic mass is 19.1. The monoisotopic (exact) mass is 276 g/mol. The fourth-order valence-corrected chi connectivity index (χ4v) is 1.57. The average molecular weight is 276 g/mol. The van der Waals surface area contributed by atoms with Crippen LogP contribution in [0.4, 0.5) is 8.78 Å². The molecular formula is C15H10F2O3. The summed E-state index contributed by atoms with van der Waals surface area (Å²) in [7, 11) is 0. The van der Waals surface area contributed by atoms with Crippen LogP contribution in [-0.4, -0.2) is 11.1 Å². The number of para-hydroxylation sites is 1. The number of halogens is 2. The van der Waals surface area contributed by atoms with Crippen LogP contribution in [0.5, 0.6) is 11.5 Å². The number of rotatable bonds is 4. The molecule has 0 saturated heterocycles. The lowest BCUT2D eigenvalue weighted by Crippen LogP contribution is -1.94. The zero-order valence-corrected chi connectivity index (χ0v) is 10.2. The second-order valence-electron chi connectivity index (χ2n) is 3.86. The molecule has 5 heteroatoms. The molecule has 0 unspecified atom stereocenters. The van der Waals surface area contributed by atoms with Crippen LogP contribution in [0.15, 0.2) is 48.5 Å².